The van der Waals surface area contributed by atoms with Crippen LogP contribution in [0.5, 0.6) is 0 Å². The topological polar surface area (TPSA) is 6.48 Å². The summed E-state index contributed by atoms with van der Waals surface area (Å²) in [6.45, 7) is 1.10. The van der Waals surface area contributed by atoms with Gasteiger partial charge in [-0.05, 0) is 49.5 Å². The first kappa shape index (κ1) is 20.7. The van der Waals surface area contributed by atoms with E-state index in [1.165, 1.54) is 24.3 Å². The highest BCUT2D eigenvalue weighted by Crippen LogP contribution is 2.36. The van der Waals surface area contributed by atoms with Gasteiger partial charge in [0.1, 0.15) is 0 Å². The van der Waals surface area contributed by atoms with E-state index in [0.29, 0.717) is 13.1 Å². The third kappa shape index (κ3) is 4.33. The third-order valence-corrected chi connectivity index (χ3v) is 5.23. The zero-order valence-corrected chi connectivity index (χ0v) is 15.3. The Labute approximate surface area is 159 Å². The van der Waals surface area contributed by atoms with Gasteiger partial charge in [0, 0.05) is 25.2 Å². The summed E-state index contributed by atoms with van der Waals surface area (Å²) < 4.78 is 76.5. The molecule has 0 saturated carbocycles. The van der Waals surface area contributed by atoms with Crippen molar-refractivity contribution in [3.05, 3.63) is 70.8 Å². The molecule has 2 atom stereocenters. The average Bonchev–Trinajstić information content (AvgIpc) is 2.62. The molecule has 0 unspecified atom stereocenters. The van der Waals surface area contributed by atoms with Gasteiger partial charge in [0.05, 0.1) is 11.1 Å². The molecular formula is C20H20F6N2. The van der Waals surface area contributed by atoms with Crippen LogP contribution in [0.25, 0.3) is 0 Å². The van der Waals surface area contributed by atoms with E-state index in [0.717, 1.165) is 35.4 Å². The van der Waals surface area contributed by atoms with Crippen LogP contribution in [0.3, 0.4) is 0 Å². The van der Waals surface area contributed by atoms with Crippen LogP contribution in [0, 0.1) is 0 Å². The van der Waals surface area contributed by atoms with Crippen LogP contribution in [0.1, 0.15) is 34.3 Å². The van der Waals surface area contributed by atoms with Crippen molar-refractivity contribution in [2.75, 3.05) is 27.2 Å². The van der Waals surface area contributed by atoms with E-state index >= 15 is 0 Å². The number of likely N-dealkylation sites (N-methyl/N-ethyl adjacent to an activating group) is 2. The maximum absolute atomic E-state index is 12.8. The lowest BCUT2D eigenvalue weighted by atomic mass is 9.95. The van der Waals surface area contributed by atoms with Gasteiger partial charge in [-0.25, -0.2) is 0 Å². The Bertz CT molecular complexity index is 726. The lowest BCUT2D eigenvalue weighted by Crippen LogP contribution is -2.46. The smallest absolute Gasteiger partial charge is 0.296 e. The van der Waals surface area contributed by atoms with Crippen LogP contribution in [0.15, 0.2) is 48.5 Å². The van der Waals surface area contributed by atoms with Gasteiger partial charge in [0.2, 0.25) is 0 Å². The molecule has 1 fully saturated rings. The second-order valence-corrected chi connectivity index (χ2v) is 7.15. The molecule has 3 rings (SSSR count). The maximum atomic E-state index is 12.8. The largest absolute Gasteiger partial charge is 0.416 e. The summed E-state index contributed by atoms with van der Waals surface area (Å²) in [6, 6.07) is 10.0. The Hall–Kier alpha value is -2.06. The monoisotopic (exact) mass is 402 g/mol. The predicted molar refractivity (Wildman–Crippen MR) is 93.6 cm³/mol. The first-order valence-electron chi connectivity index (χ1n) is 8.71. The molecule has 2 aromatic carbocycles. The number of benzene rings is 2. The van der Waals surface area contributed by atoms with Crippen molar-refractivity contribution >= 4 is 0 Å². The molecule has 2 aromatic rings. The number of hydrogen-bond acceptors (Lipinski definition) is 2. The molecule has 152 valence electrons. The fourth-order valence-electron chi connectivity index (χ4n) is 3.59. The van der Waals surface area contributed by atoms with Crippen molar-refractivity contribution in [2.24, 2.45) is 0 Å². The van der Waals surface area contributed by atoms with Gasteiger partial charge in [0.25, 0.3) is 0 Å². The molecule has 1 heterocycles. The van der Waals surface area contributed by atoms with Gasteiger partial charge in [-0.3, -0.25) is 9.80 Å². The summed E-state index contributed by atoms with van der Waals surface area (Å²) in [5.41, 5.74) is 0.165. The molecule has 0 spiro atoms. The lowest BCUT2D eigenvalue weighted by molar-refractivity contribution is -0.138. The fraction of sp³-hybridized carbons (Fsp3) is 0.400. The minimum absolute atomic E-state index is 0.0991. The van der Waals surface area contributed by atoms with Gasteiger partial charge in [0.15, 0.2) is 0 Å². The van der Waals surface area contributed by atoms with Crippen LogP contribution in [-0.4, -0.2) is 37.0 Å². The number of alkyl halides is 6. The predicted octanol–water partition coefficient (Wildman–Crippen LogP) is 5.38. The van der Waals surface area contributed by atoms with Crippen LogP contribution >= 0.6 is 0 Å². The molecule has 0 aliphatic carbocycles. The van der Waals surface area contributed by atoms with Crippen LogP contribution in [-0.2, 0) is 12.4 Å². The molecule has 1 aliphatic heterocycles. The third-order valence-electron chi connectivity index (χ3n) is 5.23. The minimum atomic E-state index is -4.37. The van der Waals surface area contributed by atoms with Crippen LogP contribution in [0.2, 0.25) is 0 Å². The molecule has 28 heavy (non-hydrogen) atoms. The average molecular weight is 402 g/mol. The highest BCUT2D eigenvalue weighted by atomic mass is 19.4. The minimum Gasteiger partial charge on any atom is -0.296 e. The SMILES string of the molecule is CN1C[C@@H](c2ccc(C(F)(F)F)cc2)N(C)C[C@@H]1c1ccc(C(F)(F)F)cc1. The second kappa shape index (κ2) is 7.40. The molecule has 2 nitrogen and oxygen atoms in total. The standard InChI is InChI=1S/C20H20F6N2/c1-27-11-18(14-5-9-16(10-6-14)20(24,25)26)28(2)12-17(27)13-3-7-15(8-4-13)19(21,22)23/h3-10,17-18H,11-12H2,1-2H3/t17-,18+. The molecule has 1 aliphatic rings. The van der Waals surface area contributed by atoms with E-state index in [-0.39, 0.29) is 12.1 Å². The Kier molecular flexibility index (Phi) is 5.46. The number of rotatable bonds is 2. The van der Waals surface area contributed by atoms with Gasteiger partial charge in [-0.2, -0.15) is 26.3 Å². The Morgan fingerprint density at radius 2 is 0.893 bits per heavy atom. The van der Waals surface area contributed by atoms with Gasteiger partial charge in [-0.1, -0.05) is 24.3 Å². The number of piperazine rings is 1. The molecule has 0 aromatic heterocycles. The number of hydrogen-bond donors (Lipinski definition) is 0. The summed E-state index contributed by atoms with van der Waals surface area (Å²) in [5.74, 6) is 0. The zero-order chi connectivity index (χ0) is 20.7. The molecule has 8 heteroatoms. The second-order valence-electron chi connectivity index (χ2n) is 7.15. The van der Waals surface area contributed by atoms with E-state index in [9.17, 15) is 26.3 Å². The first-order valence-corrected chi connectivity index (χ1v) is 8.71. The summed E-state index contributed by atoms with van der Waals surface area (Å²) in [5, 5.41) is 0. The van der Waals surface area contributed by atoms with Crippen molar-refractivity contribution < 1.29 is 26.3 Å². The van der Waals surface area contributed by atoms with Gasteiger partial charge >= 0.3 is 12.4 Å². The normalized spacial score (nSPS) is 22.4. The molecule has 0 N–H and O–H groups in total. The molecular weight excluding hydrogens is 382 g/mol. The maximum Gasteiger partial charge on any atom is 0.416 e. The summed E-state index contributed by atoms with van der Waals surface area (Å²) >= 11 is 0. The molecule has 0 amide bonds. The number of nitrogens with zero attached hydrogens (tertiary/aromatic N) is 2. The Morgan fingerprint density at radius 3 is 1.14 bits per heavy atom. The van der Waals surface area contributed by atoms with Gasteiger partial charge < -0.3 is 0 Å². The zero-order valence-electron chi connectivity index (χ0n) is 15.3. The summed E-state index contributed by atoms with van der Waals surface area (Å²) in [7, 11) is 3.73. The fourth-order valence-corrected chi connectivity index (χ4v) is 3.59. The quantitative estimate of drug-likeness (QED) is 0.622. The molecule has 0 bridgehead atoms. The molecule has 0 radical (unpaired) electrons. The highest BCUT2D eigenvalue weighted by molar-refractivity contribution is 5.30. The number of halogens is 6. The van der Waals surface area contributed by atoms with E-state index in [1.807, 2.05) is 23.9 Å². The van der Waals surface area contributed by atoms with Crippen molar-refractivity contribution in [3.63, 3.8) is 0 Å². The van der Waals surface area contributed by atoms with Crippen molar-refractivity contribution in [1.82, 2.24) is 9.80 Å². The van der Waals surface area contributed by atoms with Crippen LogP contribution < -0.4 is 0 Å². The molecule has 1 saturated heterocycles. The summed E-state index contributed by atoms with van der Waals surface area (Å²) in [6.07, 6.45) is -8.75. The first-order chi connectivity index (χ1) is 13.0. The van der Waals surface area contributed by atoms with Crippen molar-refractivity contribution in [3.8, 4) is 0 Å². The van der Waals surface area contributed by atoms with Crippen molar-refractivity contribution in [1.29, 1.82) is 0 Å². The summed E-state index contributed by atoms with van der Waals surface area (Å²) in [4.78, 5) is 4.04. The van der Waals surface area contributed by atoms with Crippen molar-refractivity contribution in [2.45, 2.75) is 24.4 Å². The van der Waals surface area contributed by atoms with E-state index in [4.69, 9.17) is 0 Å². The van der Waals surface area contributed by atoms with Gasteiger partial charge in [-0.15, -0.1) is 0 Å². The lowest BCUT2D eigenvalue weighted by Gasteiger charge is -2.44. The van der Waals surface area contributed by atoms with E-state index in [1.54, 1.807) is 0 Å². The Morgan fingerprint density at radius 1 is 0.607 bits per heavy atom. The van der Waals surface area contributed by atoms with Crippen LogP contribution in [0.4, 0.5) is 26.3 Å². The van der Waals surface area contributed by atoms with E-state index < -0.39 is 23.5 Å². The highest BCUT2D eigenvalue weighted by Gasteiger charge is 2.34. The Balaban J connectivity index is 1.75. The van der Waals surface area contributed by atoms with E-state index in [2.05, 4.69) is 0 Å².